The molecule has 1 aliphatic rings. The van der Waals surface area contributed by atoms with Gasteiger partial charge in [0.25, 0.3) is 0 Å². The number of benzene rings is 2. The Morgan fingerprint density at radius 1 is 1.24 bits per heavy atom. The van der Waals surface area contributed by atoms with E-state index in [1.54, 1.807) is 7.11 Å². The van der Waals surface area contributed by atoms with Gasteiger partial charge in [0, 0.05) is 24.6 Å². The molecule has 0 radical (unpaired) electrons. The van der Waals surface area contributed by atoms with Gasteiger partial charge in [0.1, 0.15) is 11.5 Å². The fourth-order valence-corrected chi connectivity index (χ4v) is 2.75. The zero-order valence-electron chi connectivity index (χ0n) is 12.6. The van der Waals surface area contributed by atoms with Gasteiger partial charge in [-0.05, 0) is 30.2 Å². The number of hydrogen-bond donors (Lipinski definition) is 1. The van der Waals surface area contributed by atoms with Gasteiger partial charge >= 0.3 is 0 Å². The van der Waals surface area contributed by atoms with Gasteiger partial charge in [0.15, 0.2) is 0 Å². The van der Waals surface area contributed by atoms with Crippen LogP contribution in [0.15, 0.2) is 42.5 Å². The van der Waals surface area contributed by atoms with Gasteiger partial charge in [-0.2, -0.15) is 0 Å². The molecule has 0 fully saturated rings. The van der Waals surface area contributed by atoms with E-state index in [0.29, 0.717) is 0 Å². The maximum absolute atomic E-state index is 5.54. The third-order valence-electron chi connectivity index (χ3n) is 3.97. The summed E-state index contributed by atoms with van der Waals surface area (Å²) in [6, 6.07) is 14.8. The molecule has 0 spiro atoms. The van der Waals surface area contributed by atoms with E-state index < -0.39 is 0 Å². The second-order valence-corrected chi connectivity index (χ2v) is 5.39. The fourth-order valence-electron chi connectivity index (χ4n) is 2.75. The molecule has 0 saturated carbocycles. The second-order valence-electron chi connectivity index (χ2n) is 5.39. The van der Waals surface area contributed by atoms with E-state index in [4.69, 9.17) is 9.47 Å². The molecule has 110 valence electrons. The van der Waals surface area contributed by atoms with Gasteiger partial charge in [-0.25, -0.2) is 0 Å². The van der Waals surface area contributed by atoms with E-state index in [1.807, 2.05) is 18.2 Å². The Morgan fingerprint density at radius 3 is 2.95 bits per heavy atom. The molecule has 1 N–H and O–H groups in total. The lowest BCUT2D eigenvalue weighted by molar-refractivity contribution is 0.357. The molecular formula is C18H21NO2. The highest BCUT2D eigenvalue weighted by Gasteiger charge is 2.13. The SMILES string of the molecule is COc1ccccc1C(C)NCc1ccc2c(c1)CCO2. The number of para-hydroxylation sites is 1. The van der Waals surface area contributed by atoms with E-state index >= 15 is 0 Å². The first-order valence-electron chi connectivity index (χ1n) is 7.39. The van der Waals surface area contributed by atoms with Gasteiger partial charge in [-0.3, -0.25) is 0 Å². The minimum Gasteiger partial charge on any atom is -0.496 e. The van der Waals surface area contributed by atoms with Crippen molar-refractivity contribution in [1.29, 1.82) is 0 Å². The van der Waals surface area contributed by atoms with E-state index in [0.717, 1.165) is 31.1 Å². The van der Waals surface area contributed by atoms with Crippen molar-refractivity contribution in [2.24, 2.45) is 0 Å². The van der Waals surface area contributed by atoms with Crippen LogP contribution in [0.5, 0.6) is 11.5 Å². The first kappa shape index (κ1) is 14.0. The summed E-state index contributed by atoms with van der Waals surface area (Å²) in [4.78, 5) is 0. The molecule has 21 heavy (non-hydrogen) atoms. The lowest BCUT2D eigenvalue weighted by atomic mass is 10.1. The molecule has 3 rings (SSSR count). The molecular weight excluding hydrogens is 262 g/mol. The quantitative estimate of drug-likeness (QED) is 0.911. The third kappa shape index (κ3) is 3.03. The molecule has 1 atom stereocenters. The summed E-state index contributed by atoms with van der Waals surface area (Å²) in [6.45, 7) is 3.81. The van der Waals surface area contributed by atoms with Gasteiger partial charge < -0.3 is 14.8 Å². The summed E-state index contributed by atoms with van der Waals surface area (Å²) < 4.78 is 11.0. The smallest absolute Gasteiger partial charge is 0.123 e. The first-order chi connectivity index (χ1) is 10.3. The van der Waals surface area contributed by atoms with Gasteiger partial charge in [0.05, 0.1) is 13.7 Å². The summed E-state index contributed by atoms with van der Waals surface area (Å²) in [5.41, 5.74) is 3.80. The molecule has 3 heteroatoms. The van der Waals surface area contributed by atoms with Crippen LogP contribution >= 0.6 is 0 Å². The van der Waals surface area contributed by atoms with E-state index in [1.165, 1.54) is 16.7 Å². The monoisotopic (exact) mass is 283 g/mol. The van der Waals surface area contributed by atoms with Crippen LogP contribution in [-0.2, 0) is 13.0 Å². The maximum atomic E-state index is 5.54. The Bertz CT molecular complexity index is 624. The van der Waals surface area contributed by atoms with E-state index in [9.17, 15) is 0 Å². The number of methoxy groups -OCH3 is 1. The molecule has 2 aromatic rings. The van der Waals surface area contributed by atoms with Crippen molar-refractivity contribution < 1.29 is 9.47 Å². The molecule has 1 heterocycles. The molecule has 0 bridgehead atoms. The number of rotatable bonds is 5. The van der Waals surface area contributed by atoms with Crippen molar-refractivity contribution in [2.75, 3.05) is 13.7 Å². The maximum Gasteiger partial charge on any atom is 0.123 e. The normalized spacial score (nSPS) is 14.4. The predicted octanol–water partition coefficient (Wildman–Crippen LogP) is 3.48. The average Bonchev–Trinajstić information content (AvgIpc) is 3.00. The zero-order chi connectivity index (χ0) is 14.7. The topological polar surface area (TPSA) is 30.5 Å². The van der Waals surface area contributed by atoms with Crippen LogP contribution < -0.4 is 14.8 Å². The molecule has 0 aliphatic carbocycles. The van der Waals surface area contributed by atoms with Crippen LogP contribution in [0.4, 0.5) is 0 Å². The Hall–Kier alpha value is -2.00. The summed E-state index contributed by atoms with van der Waals surface area (Å²) >= 11 is 0. The summed E-state index contributed by atoms with van der Waals surface area (Å²) in [7, 11) is 1.71. The van der Waals surface area contributed by atoms with Gasteiger partial charge in [0.2, 0.25) is 0 Å². The molecule has 0 amide bonds. The first-order valence-corrected chi connectivity index (χ1v) is 7.39. The third-order valence-corrected chi connectivity index (χ3v) is 3.97. The lowest BCUT2D eigenvalue weighted by Gasteiger charge is -2.17. The summed E-state index contributed by atoms with van der Waals surface area (Å²) in [5.74, 6) is 1.97. The van der Waals surface area contributed by atoms with Crippen molar-refractivity contribution in [1.82, 2.24) is 5.32 Å². The number of ether oxygens (including phenoxy) is 2. The van der Waals surface area contributed by atoms with Crippen LogP contribution in [-0.4, -0.2) is 13.7 Å². The van der Waals surface area contributed by atoms with Crippen LogP contribution in [0.3, 0.4) is 0 Å². The number of hydrogen-bond acceptors (Lipinski definition) is 3. The number of nitrogens with one attached hydrogen (secondary N) is 1. The lowest BCUT2D eigenvalue weighted by Crippen LogP contribution is -2.18. The molecule has 3 nitrogen and oxygen atoms in total. The summed E-state index contributed by atoms with van der Waals surface area (Å²) in [5, 5.41) is 3.56. The van der Waals surface area contributed by atoms with E-state index in [2.05, 4.69) is 36.5 Å². The minimum absolute atomic E-state index is 0.241. The van der Waals surface area contributed by atoms with Crippen molar-refractivity contribution in [3.05, 3.63) is 59.2 Å². The highest BCUT2D eigenvalue weighted by Crippen LogP contribution is 2.27. The fraction of sp³-hybridized carbons (Fsp3) is 0.333. The van der Waals surface area contributed by atoms with Crippen LogP contribution in [0.2, 0.25) is 0 Å². The highest BCUT2D eigenvalue weighted by atomic mass is 16.5. The molecule has 0 saturated heterocycles. The molecule has 2 aromatic carbocycles. The largest absolute Gasteiger partial charge is 0.496 e. The molecule has 1 aliphatic heterocycles. The minimum atomic E-state index is 0.241. The predicted molar refractivity (Wildman–Crippen MR) is 83.9 cm³/mol. The van der Waals surface area contributed by atoms with Crippen LogP contribution in [0, 0.1) is 0 Å². The summed E-state index contributed by atoms with van der Waals surface area (Å²) in [6.07, 6.45) is 1.02. The van der Waals surface area contributed by atoms with Crippen molar-refractivity contribution in [3.63, 3.8) is 0 Å². The van der Waals surface area contributed by atoms with Crippen molar-refractivity contribution in [3.8, 4) is 11.5 Å². The Balaban J connectivity index is 1.67. The Morgan fingerprint density at radius 2 is 2.10 bits per heavy atom. The zero-order valence-corrected chi connectivity index (χ0v) is 12.6. The average molecular weight is 283 g/mol. The van der Waals surface area contributed by atoms with Crippen molar-refractivity contribution >= 4 is 0 Å². The van der Waals surface area contributed by atoms with Crippen LogP contribution in [0.25, 0.3) is 0 Å². The molecule has 0 aromatic heterocycles. The number of fused-ring (bicyclic) bond motifs is 1. The Kier molecular flexibility index (Phi) is 4.11. The standard InChI is InChI=1S/C18H21NO2/c1-13(16-5-3-4-6-18(16)20-2)19-12-14-7-8-17-15(11-14)9-10-21-17/h3-8,11,13,19H,9-10,12H2,1-2H3. The van der Waals surface area contributed by atoms with Gasteiger partial charge in [-0.1, -0.05) is 30.3 Å². The van der Waals surface area contributed by atoms with E-state index in [-0.39, 0.29) is 6.04 Å². The second kappa shape index (κ2) is 6.19. The van der Waals surface area contributed by atoms with Crippen molar-refractivity contribution in [2.45, 2.75) is 25.9 Å². The van der Waals surface area contributed by atoms with Crippen LogP contribution in [0.1, 0.15) is 29.7 Å². The Labute approximate surface area is 125 Å². The molecule has 1 unspecified atom stereocenters. The van der Waals surface area contributed by atoms with Gasteiger partial charge in [-0.15, -0.1) is 0 Å². The highest BCUT2D eigenvalue weighted by molar-refractivity contribution is 5.40.